The standard InChI is InChI=1S/C21H20FNO3/c1-13-7-9-15(10-8-13)12-26-21(25)20-14(2)23-19(24)11-17(20)16-5-3-4-6-18(16)22/h3-10,17H,11-12H2,1-2H3,(H,23,24)/t17-/m0/s1. The first-order valence-electron chi connectivity index (χ1n) is 8.43. The van der Waals surface area contributed by atoms with Gasteiger partial charge in [-0.2, -0.15) is 0 Å². The third kappa shape index (κ3) is 3.82. The zero-order chi connectivity index (χ0) is 18.7. The monoisotopic (exact) mass is 353 g/mol. The zero-order valence-electron chi connectivity index (χ0n) is 14.7. The topological polar surface area (TPSA) is 55.4 Å². The van der Waals surface area contributed by atoms with Crippen LogP contribution in [-0.4, -0.2) is 11.9 Å². The van der Waals surface area contributed by atoms with Crippen molar-refractivity contribution in [3.05, 3.63) is 82.3 Å². The Hall–Kier alpha value is -2.95. The lowest BCUT2D eigenvalue weighted by molar-refractivity contribution is -0.141. The van der Waals surface area contributed by atoms with Gasteiger partial charge in [0.1, 0.15) is 12.4 Å². The molecule has 1 N–H and O–H groups in total. The van der Waals surface area contributed by atoms with E-state index in [1.54, 1.807) is 25.1 Å². The van der Waals surface area contributed by atoms with E-state index < -0.39 is 17.7 Å². The van der Waals surface area contributed by atoms with Gasteiger partial charge in [0.2, 0.25) is 5.91 Å². The smallest absolute Gasteiger partial charge is 0.336 e. The summed E-state index contributed by atoms with van der Waals surface area (Å²) in [5.41, 5.74) is 3.01. The Morgan fingerprint density at radius 1 is 1.15 bits per heavy atom. The lowest BCUT2D eigenvalue weighted by Gasteiger charge is -2.26. The molecule has 0 bridgehead atoms. The Bertz CT molecular complexity index is 871. The summed E-state index contributed by atoms with van der Waals surface area (Å²) < 4.78 is 19.7. The fraction of sp³-hybridized carbons (Fsp3) is 0.238. The van der Waals surface area contributed by atoms with Crippen molar-refractivity contribution in [2.75, 3.05) is 0 Å². The van der Waals surface area contributed by atoms with Crippen molar-refractivity contribution in [2.24, 2.45) is 0 Å². The number of hydrogen-bond donors (Lipinski definition) is 1. The number of allylic oxidation sites excluding steroid dienone is 1. The molecule has 0 fully saturated rings. The quantitative estimate of drug-likeness (QED) is 0.852. The molecule has 0 spiro atoms. The van der Waals surface area contributed by atoms with E-state index >= 15 is 0 Å². The van der Waals surface area contributed by atoms with Crippen molar-refractivity contribution in [1.82, 2.24) is 5.32 Å². The number of hydrogen-bond acceptors (Lipinski definition) is 3. The molecule has 1 aliphatic heterocycles. The van der Waals surface area contributed by atoms with Gasteiger partial charge in [0.25, 0.3) is 0 Å². The van der Waals surface area contributed by atoms with Gasteiger partial charge < -0.3 is 10.1 Å². The predicted molar refractivity (Wildman–Crippen MR) is 95.6 cm³/mol. The molecule has 1 amide bonds. The molecule has 0 unspecified atom stereocenters. The Morgan fingerprint density at radius 2 is 1.85 bits per heavy atom. The highest BCUT2D eigenvalue weighted by atomic mass is 19.1. The summed E-state index contributed by atoms with van der Waals surface area (Å²) in [6.07, 6.45) is 0.00718. The third-order valence-electron chi connectivity index (χ3n) is 4.46. The van der Waals surface area contributed by atoms with Crippen LogP contribution in [0.4, 0.5) is 4.39 Å². The van der Waals surface area contributed by atoms with E-state index in [9.17, 15) is 14.0 Å². The molecule has 134 valence electrons. The van der Waals surface area contributed by atoms with Gasteiger partial charge in [-0.15, -0.1) is 0 Å². The van der Waals surface area contributed by atoms with Gasteiger partial charge in [-0.1, -0.05) is 48.0 Å². The summed E-state index contributed by atoms with van der Waals surface area (Å²) in [6.45, 7) is 3.73. The maximum absolute atomic E-state index is 14.2. The summed E-state index contributed by atoms with van der Waals surface area (Å²) in [4.78, 5) is 24.6. The van der Waals surface area contributed by atoms with Crippen LogP contribution in [0.2, 0.25) is 0 Å². The number of esters is 1. The summed E-state index contributed by atoms with van der Waals surface area (Å²) in [5, 5.41) is 2.65. The van der Waals surface area contributed by atoms with Crippen molar-refractivity contribution in [2.45, 2.75) is 32.8 Å². The Kier molecular flexibility index (Phi) is 5.16. The summed E-state index contributed by atoms with van der Waals surface area (Å²) in [7, 11) is 0. The van der Waals surface area contributed by atoms with E-state index in [4.69, 9.17) is 4.74 Å². The van der Waals surface area contributed by atoms with Crippen LogP contribution in [-0.2, 0) is 20.9 Å². The molecule has 0 saturated carbocycles. The van der Waals surface area contributed by atoms with Crippen LogP contribution in [0.3, 0.4) is 0 Å². The second kappa shape index (κ2) is 7.52. The normalized spacial score (nSPS) is 17.0. The number of carbonyl (C=O) groups excluding carboxylic acids is 2. The van der Waals surface area contributed by atoms with Gasteiger partial charge in [-0.25, -0.2) is 9.18 Å². The highest BCUT2D eigenvalue weighted by Crippen LogP contribution is 2.34. The highest BCUT2D eigenvalue weighted by molar-refractivity contribution is 5.95. The number of amides is 1. The van der Waals surface area contributed by atoms with E-state index in [1.165, 1.54) is 6.07 Å². The molecule has 2 aromatic rings. The van der Waals surface area contributed by atoms with Gasteiger partial charge >= 0.3 is 5.97 Å². The van der Waals surface area contributed by atoms with E-state index in [-0.39, 0.29) is 18.9 Å². The molecule has 4 nitrogen and oxygen atoms in total. The molecule has 3 rings (SSSR count). The minimum absolute atomic E-state index is 0.00718. The first kappa shape index (κ1) is 17.9. The van der Waals surface area contributed by atoms with Gasteiger partial charge in [0.15, 0.2) is 0 Å². The van der Waals surface area contributed by atoms with Crippen LogP contribution in [0.1, 0.15) is 36.0 Å². The second-order valence-electron chi connectivity index (χ2n) is 6.43. The first-order valence-corrected chi connectivity index (χ1v) is 8.43. The van der Waals surface area contributed by atoms with Crippen LogP contribution in [0.15, 0.2) is 59.8 Å². The number of ether oxygens (including phenoxy) is 1. The average molecular weight is 353 g/mol. The minimum Gasteiger partial charge on any atom is -0.457 e. The summed E-state index contributed by atoms with van der Waals surface area (Å²) in [5.74, 6) is -1.89. The second-order valence-corrected chi connectivity index (χ2v) is 6.43. The van der Waals surface area contributed by atoms with Crippen molar-refractivity contribution in [1.29, 1.82) is 0 Å². The lowest BCUT2D eigenvalue weighted by atomic mass is 9.84. The van der Waals surface area contributed by atoms with Crippen molar-refractivity contribution >= 4 is 11.9 Å². The van der Waals surface area contributed by atoms with E-state index in [2.05, 4.69) is 5.32 Å². The number of halogens is 1. The number of benzene rings is 2. The molecule has 26 heavy (non-hydrogen) atoms. The Balaban J connectivity index is 1.85. The van der Waals surface area contributed by atoms with Gasteiger partial charge in [-0.05, 0) is 31.0 Å². The molecule has 0 aromatic heterocycles. The van der Waals surface area contributed by atoms with E-state index in [1.807, 2.05) is 31.2 Å². The SMILES string of the molecule is CC1=C(C(=O)OCc2ccc(C)cc2)[C@H](c2ccccc2F)CC(=O)N1. The van der Waals surface area contributed by atoms with Crippen LogP contribution < -0.4 is 5.32 Å². The van der Waals surface area contributed by atoms with E-state index in [0.29, 0.717) is 16.8 Å². The molecular formula is C21H20FNO3. The average Bonchev–Trinajstić information content (AvgIpc) is 2.61. The molecule has 1 aliphatic rings. The number of nitrogens with one attached hydrogen (secondary N) is 1. The van der Waals surface area contributed by atoms with Crippen molar-refractivity contribution < 1.29 is 18.7 Å². The van der Waals surface area contributed by atoms with Crippen LogP contribution in [0.5, 0.6) is 0 Å². The highest BCUT2D eigenvalue weighted by Gasteiger charge is 2.34. The Morgan fingerprint density at radius 3 is 2.54 bits per heavy atom. The van der Waals surface area contributed by atoms with Crippen LogP contribution in [0, 0.1) is 12.7 Å². The molecule has 5 heteroatoms. The molecule has 1 atom stereocenters. The maximum atomic E-state index is 14.2. The third-order valence-corrected chi connectivity index (χ3v) is 4.46. The van der Waals surface area contributed by atoms with Gasteiger partial charge in [-0.3, -0.25) is 4.79 Å². The minimum atomic E-state index is -0.657. The fourth-order valence-corrected chi connectivity index (χ4v) is 3.11. The number of aryl methyl sites for hydroxylation is 1. The molecule has 1 heterocycles. The largest absolute Gasteiger partial charge is 0.457 e. The maximum Gasteiger partial charge on any atom is 0.336 e. The zero-order valence-corrected chi connectivity index (χ0v) is 14.7. The van der Waals surface area contributed by atoms with Crippen LogP contribution >= 0.6 is 0 Å². The van der Waals surface area contributed by atoms with Crippen LogP contribution in [0.25, 0.3) is 0 Å². The van der Waals surface area contributed by atoms with Crippen molar-refractivity contribution in [3.8, 4) is 0 Å². The molecule has 0 aliphatic carbocycles. The van der Waals surface area contributed by atoms with Crippen molar-refractivity contribution in [3.63, 3.8) is 0 Å². The first-order chi connectivity index (χ1) is 12.5. The lowest BCUT2D eigenvalue weighted by Crippen LogP contribution is -2.34. The van der Waals surface area contributed by atoms with Gasteiger partial charge in [0.05, 0.1) is 5.57 Å². The predicted octanol–water partition coefficient (Wildman–Crippen LogP) is 3.76. The Labute approximate surface area is 151 Å². The summed E-state index contributed by atoms with van der Waals surface area (Å²) >= 11 is 0. The molecule has 0 saturated heterocycles. The molecule has 2 aromatic carbocycles. The summed E-state index contributed by atoms with van der Waals surface area (Å²) in [6, 6.07) is 13.9. The number of rotatable bonds is 4. The number of carbonyl (C=O) groups is 2. The van der Waals surface area contributed by atoms with E-state index in [0.717, 1.165) is 11.1 Å². The molecular weight excluding hydrogens is 333 g/mol. The fourth-order valence-electron chi connectivity index (χ4n) is 3.11. The molecule has 0 radical (unpaired) electrons. The van der Waals surface area contributed by atoms with Gasteiger partial charge in [0, 0.05) is 18.0 Å².